The van der Waals surface area contributed by atoms with Crippen molar-refractivity contribution in [2.24, 2.45) is 5.92 Å². The Morgan fingerprint density at radius 3 is 2.47 bits per heavy atom. The highest BCUT2D eigenvalue weighted by Crippen LogP contribution is 2.24. The van der Waals surface area contributed by atoms with Gasteiger partial charge in [0.25, 0.3) is 0 Å². The van der Waals surface area contributed by atoms with Crippen LogP contribution in [0.1, 0.15) is 39.5 Å². The van der Waals surface area contributed by atoms with E-state index in [1.807, 2.05) is 13.8 Å². The van der Waals surface area contributed by atoms with Crippen LogP contribution in [0.4, 0.5) is 0 Å². The van der Waals surface area contributed by atoms with Gasteiger partial charge in [-0.05, 0) is 19.3 Å². The van der Waals surface area contributed by atoms with Crippen molar-refractivity contribution < 1.29 is 19.4 Å². The summed E-state index contributed by atoms with van der Waals surface area (Å²) in [6, 6.07) is 0. The second-order valence-electron chi connectivity index (χ2n) is 4.66. The predicted octanol–water partition coefficient (Wildman–Crippen LogP) is 1.17. The molecule has 1 heterocycles. The Kier molecular flexibility index (Phi) is 4.93. The Balaban J connectivity index is 2.66. The molecule has 5 heteroatoms. The van der Waals surface area contributed by atoms with Crippen molar-refractivity contribution in [2.45, 2.75) is 45.1 Å². The van der Waals surface area contributed by atoms with Crippen LogP contribution >= 0.6 is 0 Å². The van der Waals surface area contributed by atoms with Gasteiger partial charge in [0.2, 0.25) is 5.91 Å². The van der Waals surface area contributed by atoms with Gasteiger partial charge in [-0.25, -0.2) is 0 Å². The van der Waals surface area contributed by atoms with Crippen molar-refractivity contribution in [1.29, 1.82) is 0 Å². The van der Waals surface area contributed by atoms with Crippen molar-refractivity contribution in [3.8, 4) is 0 Å². The van der Waals surface area contributed by atoms with Gasteiger partial charge < -0.3 is 15.2 Å². The van der Waals surface area contributed by atoms with Crippen molar-refractivity contribution >= 4 is 11.9 Å². The van der Waals surface area contributed by atoms with Crippen LogP contribution in [0, 0.1) is 5.92 Å². The summed E-state index contributed by atoms with van der Waals surface area (Å²) in [5.74, 6) is -0.997. The second-order valence-corrected chi connectivity index (χ2v) is 4.66. The first-order chi connectivity index (χ1) is 8.03. The monoisotopic (exact) mass is 243 g/mol. The molecule has 2 N–H and O–H groups in total. The summed E-state index contributed by atoms with van der Waals surface area (Å²) in [6.45, 7) is 4.73. The number of amides is 1. The van der Waals surface area contributed by atoms with Crippen LogP contribution in [0.2, 0.25) is 0 Å². The number of rotatable bonds is 6. The zero-order chi connectivity index (χ0) is 12.9. The van der Waals surface area contributed by atoms with Gasteiger partial charge in [0.05, 0.1) is 18.6 Å². The first kappa shape index (κ1) is 14.0. The molecule has 17 heavy (non-hydrogen) atoms. The van der Waals surface area contributed by atoms with E-state index >= 15 is 0 Å². The molecular weight excluding hydrogens is 222 g/mol. The number of carbonyl (C=O) groups is 2. The third-order valence-electron chi connectivity index (χ3n) is 3.34. The minimum atomic E-state index is -0.902. The fourth-order valence-corrected chi connectivity index (χ4v) is 2.20. The summed E-state index contributed by atoms with van der Waals surface area (Å²) < 4.78 is 5.23. The number of hydrogen-bond acceptors (Lipinski definition) is 3. The Morgan fingerprint density at radius 1 is 1.41 bits per heavy atom. The topological polar surface area (TPSA) is 75.6 Å². The summed E-state index contributed by atoms with van der Waals surface area (Å²) in [5.41, 5.74) is -0.703. The van der Waals surface area contributed by atoms with Crippen molar-refractivity contribution in [1.82, 2.24) is 5.32 Å². The molecule has 0 aliphatic carbocycles. The van der Waals surface area contributed by atoms with Crippen LogP contribution < -0.4 is 5.32 Å². The molecule has 0 bridgehead atoms. The molecule has 1 rings (SSSR count). The maximum atomic E-state index is 12.0. The van der Waals surface area contributed by atoms with Crippen molar-refractivity contribution in [3.63, 3.8) is 0 Å². The largest absolute Gasteiger partial charge is 0.481 e. The van der Waals surface area contributed by atoms with E-state index in [2.05, 4.69) is 5.32 Å². The number of nitrogens with one attached hydrogen (secondary N) is 1. The molecule has 1 aliphatic rings. The van der Waals surface area contributed by atoms with Gasteiger partial charge in [0.1, 0.15) is 0 Å². The highest BCUT2D eigenvalue weighted by atomic mass is 16.5. The molecule has 1 amide bonds. The number of hydrogen-bond donors (Lipinski definition) is 2. The molecule has 0 aromatic carbocycles. The molecule has 5 nitrogen and oxygen atoms in total. The maximum Gasteiger partial charge on any atom is 0.305 e. The quantitative estimate of drug-likeness (QED) is 0.734. The van der Waals surface area contributed by atoms with E-state index in [0.29, 0.717) is 19.6 Å². The van der Waals surface area contributed by atoms with E-state index in [4.69, 9.17) is 9.84 Å². The zero-order valence-electron chi connectivity index (χ0n) is 10.5. The lowest BCUT2D eigenvalue weighted by atomic mass is 9.92. The Bertz CT molecular complexity index is 280. The smallest absolute Gasteiger partial charge is 0.305 e. The summed E-state index contributed by atoms with van der Waals surface area (Å²) in [5, 5.41) is 11.8. The fourth-order valence-electron chi connectivity index (χ4n) is 2.20. The first-order valence-corrected chi connectivity index (χ1v) is 6.14. The number of carboxylic acid groups (broad SMARTS) is 1. The summed E-state index contributed by atoms with van der Waals surface area (Å²) in [4.78, 5) is 22.8. The third kappa shape index (κ3) is 3.70. The molecule has 0 spiro atoms. The SMILES string of the molecule is CCC(CC)C(=O)NC1(CC(=O)O)CCOC1. The molecule has 0 aromatic rings. The van der Waals surface area contributed by atoms with E-state index < -0.39 is 11.5 Å². The van der Waals surface area contributed by atoms with Gasteiger partial charge in [0.15, 0.2) is 0 Å². The minimum Gasteiger partial charge on any atom is -0.481 e. The van der Waals surface area contributed by atoms with E-state index in [9.17, 15) is 9.59 Å². The van der Waals surface area contributed by atoms with E-state index in [1.54, 1.807) is 0 Å². The Labute approximate surface area is 102 Å². The van der Waals surface area contributed by atoms with Gasteiger partial charge >= 0.3 is 5.97 Å². The number of carbonyl (C=O) groups excluding carboxylic acids is 1. The molecular formula is C12H21NO4. The van der Waals surface area contributed by atoms with Crippen molar-refractivity contribution in [2.75, 3.05) is 13.2 Å². The average Bonchev–Trinajstić information content (AvgIpc) is 2.66. The highest BCUT2D eigenvalue weighted by Gasteiger charge is 2.39. The Morgan fingerprint density at radius 2 is 2.06 bits per heavy atom. The molecule has 1 aliphatic heterocycles. The second kappa shape index (κ2) is 6.00. The molecule has 1 unspecified atom stereocenters. The van der Waals surface area contributed by atoms with Crippen LogP contribution in [0.25, 0.3) is 0 Å². The third-order valence-corrected chi connectivity index (χ3v) is 3.34. The molecule has 98 valence electrons. The lowest BCUT2D eigenvalue weighted by Crippen LogP contribution is -2.52. The molecule has 0 aromatic heterocycles. The van der Waals surface area contributed by atoms with Crippen LogP contribution in [0.3, 0.4) is 0 Å². The fraction of sp³-hybridized carbons (Fsp3) is 0.833. The van der Waals surface area contributed by atoms with E-state index in [1.165, 1.54) is 0 Å². The highest BCUT2D eigenvalue weighted by molar-refractivity contribution is 5.80. The van der Waals surface area contributed by atoms with Gasteiger partial charge in [-0.1, -0.05) is 13.8 Å². The van der Waals surface area contributed by atoms with Crippen LogP contribution in [-0.4, -0.2) is 35.7 Å². The van der Waals surface area contributed by atoms with Crippen LogP contribution in [-0.2, 0) is 14.3 Å². The predicted molar refractivity (Wildman–Crippen MR) is 62.6 cm³/mol. The average molecular weight is 243 g/mol. The van der Waals surface area contributed by atoms with E-state index in [-0.39, 0.29) is 18.2 Å². The number of ether oxygens (including phenoxy) is 1. The maximum absolute atomic E-state index is 12.0. The molecule has 0 radical (unpaired) electrons. The lowest BCUT2D eigenvalue weighted by Gasteiger charge is -2.29. The number of carboxylic acids is 1. The normalized spacial score (nSPS) is 23.9. The standard InChI is InChI=1S/C12H21NO4/c1-3-9(4-2)11(16)13-12(7-10(14)15)5-6-17-8-12/h9H,3-8H2,1-2H3,(H,13,16)(H,14,15). The molecule has 1 fully saturated rings. The van der Waals surface area contributed by atoms with Gasteiger partial charge in [0, 0.05) is 12.5 Å². The van der Waals surface area contributed by atoms with Crippen LogP contribution in [0.5, 0.6) is 0 Å². The van der Waals surface area contributed by atoms with E-state index in [0.717, 1.165) is 12.8 Å². The summed E-state index contributed by atoms with van der Waals surface area (Å²) in [7, 11) is 0. The summed E-state index contributed by atoms with van der Waals surface area (Å²) >= 11 is 0. The van der Waals surface area contributed by atoms with Crippen LogP contribution in [0.15, 0.2) is 0 Å². The Hall–Kier alpha value is -1.10. The zero-order valence-corrected chi connectivity index (χ0v) is 10.5. The number of aliphatic carboxylic acids is 1. The summed E-state index contributed by atoms with van der Waals surface area (Å²) in [6.07, 6.45) is 2.04. The van der Waals surface area contributed by atoms with Gasteiger partial charge in [-0.3, -0.25) is 9.59 Å². The first-order valence-electron chi connectivity index (χ1n) is 6.14. The lowest BCUT2D eigenvalue weighted by molar-refractivity contribution is -0.139. The van der Waals surface area contributed by atoms with Crippen molar-refractivity contribution in [3.05, 3.63) is 0 Å². The molecule has 0 saturated carbocycles. The van der Waals surface area contributed by atoms with Gasteiger partial charge in [-0.2, -0.15) is 0 Å². The molecule has 1 atom stereocenters. The minimum absolute atomic E-state index is 0.0405. The van der Waals surface area contributed by atoms with Gasteiger partial charge in [-0.15, -0.1) is 0 Å². The molecule has 1 saturated heterocycles.